The third-order valence-electron chi connectivity index (χ3n) is 12.9. The summed E-state index contributed by atoms with van der Waals surface area (Å²) in [6, 6.07) is 25.5. The SMILES string of the molecule is CN(CCN(C)C(=O)Oc1cc2c(c3ccccc13)[C@H](CCl)CN2C(=O)c1ccc(C(=O)N2C[C@@H](CCl)c3c2cc(OP(=O)(O)O)c2ccccc32)s1)C(=O)OCc1ccc(N[C@@H](CCCN)C(=O)NC(N)=O)cc1. The Kier molecular flexibility index (Phi) is 16.9. The van der Waals surface area contributed by atoms with Gasteiger partial charge in [-0.05, 0) is 71.1 Å². The fourth-order valence-corrected chi connectivity index (χ4v) is 11.0. The zero-order valence-corrected chi connectivity index (χ0v) is 43.8. The summed E-state index contributed by atoms with van der Waals surface area (Å²) in [6.07, 6.45) is -0.480. The molecule has 0 bridgehead atoms. The van der Waals surface area contributed by atoms with Crippen LogP contribution in [0, 0.1) is 0 Å². The van der Waals surface area contributed by atoms with E-state index in [9.17, 15) is 43.1 Å². The molecule has 3 heterocycles. The van der Waals surface area contributed by atoms with Crippen molar-refractivity contribution in [3.05, 3.63) is 124 Å². The average Bonchev–Trinajstić information content (AvgIpc) is 4.14. The van der Waals surface area contributed by atoms with Crippen molar-refractivity contribution in [1.29, 1.82) is 0 Å². The lowest BCUT2D eigenvalue weighted by Crippen LogP contribution is -2.45. The van der Waals surface area contributed by atoms with Crippen LogP contribution in [-0.2, 0) is 20.7 Å². The van der Waals surface area contributed by atoms with E-state index < -0.39 is 49.8 Å². The summed E-state index contributed by atoms with van der Waals surface area (Å²) in [6.45, 7) is 0.812. The number of ether oxygens (including phenoxy) is 2. The van der Waals surface area contributed by atoms with E-state index in [1.54, 1.807) is 83.8 Å². The van der Waals surface area contributed by atoms with Gasteiger partial charge in [-0.2, -0.15) is 0 Å². The van der Waals surface area contributed by atoms with Crippen molar-refractivity contribution in [3.8, 4) is 11.5 Å². The number of carbonyl (C=O) groups is 6. The Balaban J connectivity index is 0.927. The highest BCUT2D eigenvalue weighted by Gasteiger charge is 2.39. The number of carbonyl (C=O) groups excluding carboxylic acids is 6. The minimum Gasteiger partial charge on any atom is -0.445 e. The summed E-state index contributed by atoms with van der Waals surface area (Å²) in [4.78, 5) is 105. The van der Waals surface area contributed by atoms with Crippen molar-refractivity contribution in [3.63, 3.8) is 0 Å². The fourth-order valence-electron chi connectivity index (χ4n) is 9.19. The second-order valence-electron chi connectivity index (χ2n) is 17.9. The number of hydrogen-bond donors (Lipinski definition) is 6. The normalized spacial score (nSPS) is 15.2. The highest BCUT2D eigenvalue weighted by atomic mass is 35.5. The number of nitrogens with zero attached hydrogens (tertiary/aromatic N) is 4. The Hall–Kier alpha value is -6.97. The molecule has 5 aromatic carbocycles. The van der Waals surface area contributed by atoms with Gasteiger partial charge in [0.1, 0.15) is 24.1 Å². The molecule has 3 atom stereocenters. The molecular formula is C51H53Cl2N8O12PS. The van der Waals surface area contributed by atoms with Gasteiger partial charge in [-0.3, -0.25) is 29.5 Å². The molecule has 2 aliphatic rings. The monoisotopic (exact) mass is 1100 g/mol. The first-order valence-corrected chi connectivity index (χ1v) is 27.0. The summed E-state index contributed by atoms with van der Waals surface area (Å²) in [5, 5.41) is 7.55. The summed E-state index contributed by atoms with van der Waals surface area (Å²) >= 11 is 14.0. The van der Waals surface area contributed by atoms with Crippen LogP contribution in [0.2, 0.25) is 0 Å². The predicted molar refractivity (Wildman–Crippen MR) is 286 cm³/mol. The second-order valence-corrected chi connectivity index (χ2v) is 20.8. The number of nitrogens with one attached hydrogen (secondary N) is 2. The van der Waals surface area contributed by atoms with E-state index in [2.05, 4.69) is 10.6 Å². The molecule has 7 amide bonds. The third kappa shape index (κ3) is 12.1. The number of likely N-dealkylation sites (N-methyl/N-ethyl adjacent to an activating group) is 2. The maximum absolute atomic E-state index is 14.6. The average molecular weight is 1100 g/mol. The number of phosphoric ester groups is 1. The molecule has 2 aliphatic heterocycles. The number of hydrogen-bond acceptors (Lipinski definition) is 13. The van der Waals surface area contributed by atoms with Crippen LogP contribution < -0.4 is 41.2 Å². The van der Waals surface area contributed by atoms with Crippen LogP contribution in [-0.4, -0.2) is 120 Å². The van der Waals surface area contributed by atoms with Crippen LogP contribution in [0.15, 0.2) is 97.1 Å². The molecule has 8 N–H and O–H groups in total. The Bertz CT molecular complexity index is 3230. The van der Waals surface area contributed by atoms with E-state index in [-0.39, 0.29) is 77.6 Å². The molecule has 0 fully saturated rings. The van der Waals surface area contributed by atoms with E-state index in [1.807, 2.05) is 12.1 Å². The summed E-state index contributed by atoms with van der Waals surface area (Å²) in [7, 11) is -1.93. The number of alkyl halides is 2. The van der Waals surface area contributed by atoms with Crippen LogP contribution in [0.5, 0.6) is 11.5 Å². The highest BCUT2D eigenvalue weighted by Crippen LogP contribution is 2.50. The molecule has 0 saturated heterocycles. The summed E-state index contributed by atoms with van der Waals surface area (Å²) in [5.74, 6) is -1.63. The number of imide groups is 1. The van der Waals surface area contributed by atoms with Gasteiger partial charge < -0.3 is 50.4 Å². The van der Waals surface area contributed by atoms with E-state index in [0.29, 0.717) is 58.2 Å². The Morgan fingerprint density at radius 1 is 0.760 bits per heavy atom. The van der Waals surface area contributed by atoms with Gasteiger partial charge in [0.05, 0.1) is 21.1 Å². The van der Waals surface area contributed by atoms with Crippen molar-refractivity contribution < 1.29 is 57.1 Å². The topological polar surface area (TPSA) is 277 Å². The van der Waals surface area contributed by atoms with Gasteiger partial charge in [0.15, 0.2) is 0 Å². The molecular weight excluding hydrogens is 1050 g/mol. The second kappa shape index (κ2) is 23.3. The fraction of sp³-hybridized carbons (Fsp3) is 0.294. The summed E-state index contributed by atoms with van der Waals surface area (Å²) in [5.41, 5.74) is 14.4. The van der Waals surface area contributed by atoms with Gasteiger partial charge >= 0.3 is 26.0 Å². The number of thiophene rings is 1. The van der Waals surface area contributed by atoms with Gasteiger partial charge in [0.2, 0.25) is 5.91 Å². The van der Waals surface area contributed by atoms with E-state index >= 15 is 0 Å². The largest absolute Gasteiger partial charge is 0.524 e. The van der Waals surface area contributed by atoms with Gasteiger partial charge in [0.25, 0.3) is 11.8 Å². The lowest BCUT2D eigenvalue weighted by atomic mass is 9.95. The number of primary amides is 1. The molecule has 24 heteroatoms. The van der Waals surface area contributed by atoms with Crippen LogP contribution in [0.4, 0.5) is 31.4 Å². The smallest absolute Gasteiger partial charge is 0.445 e. The van der Waals surface area contributed by atoms with Crippen LogP contribution >= 0.6 is 42.4 Å². The number of urea groups is 1. The van der Waals surface area contributed by atoms with E-state index in [4.69, 9.17) is 48.7 Å². The standard InChI is InChI=1S/C51H53Cl2N8O12PS/c1-58(50(66)71-28-29-13-15-32(16-14-29)56-37(12-7-19-54)46(62)57-49(55)65)20-21-59(2)51(67)72-40-22-38-44(35-10-5-3-8-33(35)40)30(24-52)26-60(38)47(63)42-17-18-43(75-42)48(64)61-27-31(25-53)45-36-11-6-4-9-34(36)41(23-39(45)61)73-74(68,69)70/h3-6,8-11,13-18,22-23,30-31,37,56H,7,12,19-21,24-28,54H2,1-2H3,(H2,68,69,70)(H3,55,57,62,65)/t30-,31-,37+/m1/s1. The molecule has 0 radical (unpaired) electrons. The lowest BCUT2D eigenvalue weighted by Gasteiger charge is -2.23. The maximum atomic E-state index is 14.6. The Morgan fingerprint density at radius 3 is 1.77 bits per heavy atom. The zero-order chi connectivity index (χ0) is 53.7. The molecule has 20 nitrogen and oxygen atoms in total. The molecule has 0 saturated carbocycles. The minimum atomic E-state index is -4.98. The number of rotatable bonds is 18. The Labute approximate surface area is 444 Å². The third-order valence-corrected chi connectivity index (χ3v) is 15.1. The van der Waals surface area contributed by atoms with Gasteiger partial charge in [-0.1, -0.05) is 60.7 Å². The number of halogens is 2. The van der Waals surface area contributed by atoms with Gasteiger partial charge in [-0.15, -0.1) is 34.5 Å². The molecule has 75 heavy (non-hydrogen) atoms. The molecule has 1 aromatic heterocycles. The predicted octanol–water partition coefficient (Wildman–Crippen LogP) is 7.91. The minimum absolute atomic E-state index is 0.0646. The lowest BCUT2D eigenvalue weighted by molar-refractivity contribution is -0.120. The van der Waals surface area contributed by atoms with Gasteiger partial charge in [0, 0.05) is 92.5 Å². The highest BCUT2D eigenvalue weighted by molar-refractivity contribution is 7.46. The first-order valence-electron chi connectivity index (χ1n) is 23.6. The molecule has 394 valence electrons. The molecule has 8 rings (SSSR count). The molecule has 0 spiro atoms. The first-order chi connectivity index (χ1) is 35.9. The van der Waals surface area contributed by atoms with Crippen molar-refractivity contribution in [2.75, 3.05) is 73.7 Å². The summed E-state index contributed by atoms with van der Waals surface area (Å²) < 4.78 is 28.6. The van der Waals surface area contributed by atoms with Crippen LogP contribution in [0.3, 0.4) is 0 Å². The van der Waals surface area contributed by atoms with Crippen molar-refractivity contribution in [1.82, 2.24) is 15.1 Å². The number of benzene rings is 5. The van der Waals surface area contributed by atoms with Crippen molar-refractivity contribution in [2.45, 2.75) is 37.3 Å². The molecule has 6 aromatic rings. The number of anilines is 3. The number of amides is 7. The van der Waals surface area contributed by atoms with Crippen LogP contribution in [0.1, 0.15) is 60.7 Å². The van der Waals surface area contributed by atoms with E-state index in [0.717, 1.165) is 27.8 Å². The number of fused-ring (bicyclic) bond motifs is 6. The van der Waals surface area contributed by atoms with E-state index in [1.165, 1.54) is 34.9 Å². The molecule has 0 aliphatic carbocycles. The molecule has 0 unspecified atom stereocenters. The zero-order valence-electron chi connectivity index (χ0n) is 40.6. The van der Waals surface area contributed by atoms with Crippen LogP contribution in [0.25, 0.3) is 21.5 Å². The van der Waals surface area contributed by atoms with Crippen molar-refractivity contribution in [2.24, 2.45) is 11.5 Å². The van der Waals surface area contributed by atoms with Gasteiger partial charge in [-0.25, -0.2) is 18.9 Å². The number of nitrogens with two attached hydrogens (primary N) is 2. The number of phosphoric acid groups is 1. The maximum Gasteiger partial charge on any atom is 0.524 e. The first kappa shape index (κ1) is 54.3. The quantitative estimate of drug-likeness (QED) is 0.0353. The Morgan fingerprint density at radius 2 is 1.27 bits per heavy atom. The van der Waals surface area contributed by atoms with Crippen molar-refractivity contribution >= 4 is 117 Å².